The lowest BCUT2D eigenvalue weighted by molar-refractivity contribution is 0.126. The first-order valence-electron chi connectivity index (χ1n) is 8.86. The van der Waals surface area contributed by atoms with Crippen LogP contribution >= 0.6 is 0 Å². The van der Waals surface area contributed by atoms with E-state index in [-0.39, 0.29) is 6.10 Å². The molecule has 5 rings (SSSR count). The number of aliphatic hydroxyl groups is 1. The van der Waals surface area contributed by atoms with Crippen molar-refractivity contribution < 1.29 is 5.11 Å². The maximum atomic E-state index is 9.62. The molecule has 132 valence electrons. The number of nitrogens with zero attached hydrogens (tertiary/aromatic N) is 6. The van der Waals surface area contributed by atoms with Crippen LogP contribution in [0.15, 0.2) is 43.0 Å². The molecule has 1 fully saturated rings. The molecule has 4 aromatic heterocycles. The quantitative estimate of drug-likeness (QED) is 0.589. The lowest BCUT2D eigenvalue weighted by Gasteiger charge is -2.26. The summed E-state index contributed by atoms with van der Waals surface area (Å²) in [6, 6.07) is 6.21. The van der Waals surface area contributed by atoms with E-state index >= 15 is 0 Å². The average molecular weight is 349 g/mol. The van der Waals surface area contributed by atoms with E-state index in [0.717, 1.165) is 48.1 Å². The molecule has 2 N–H and O–H groups in total. The van der Waals surface area contributed by atoms with E-state index in [1.165, 1.54) is 0 Å². The second-order valence-corrected chi connectivity index (χ2v) is 6.74. The van der Waals surface area contributed by atoms with Gasteiger partial charge in [0.15, 0.2) is 5.65 Å². The smallest absolute Gasteiger partial charge is 0.241 e. The van der Waals surface area contributed by atoms with Crippen molar-refractivity contribution in [1.29, 1.82) is 0 Å². The Labute approximate surface area is 149 Å². The van der Waals surface area contributed by atoms with E-state index in [2.05, 4.69) is 25.5 Å². The molecule has 0 aliphatic heterocycles. The third kappa shape index (κ3) is 2.68. The highest BCUT2D eigenvalue weighted by Crippen LogP contribution is 2.25. The molecule has 4 heterocycles. The molecule has 0 saturated heterocycles. The Hall–Kier alpha value is -3.00. The van der Waals surface area contributed by atoms with Gasteiger partial charge in [0.2, 0.25) is 5.95 Å². The predicted molar refractivity (Wildman–Crippen MR) is 96.9 cm³/mol. The summed E-state index contributed by atoms with van der Waals surface area (Å²) in [5, 5.41) is 22.2. The normalized spacial score (nSPS) is 20.7. The van der Waals surface area contributed by atoms with Crippen LogP contribution < -0.4 is 5.32 Å². The number of hydrogen-bond acceptors (Lipinski definition) is 6. The van der Waals surface area contributed by atoms with Gasteiger partial charge in [0.25, 0.3) is 0 Å². The Kier molecular flexibility index (Phi) is 3.56. The highest BCUT2D eigenvalue weighted by atomic mass is 16.3. The fraction of sp³-hybridized carbons (Fsp3) is 0.333. The Balaban J connectivity index is 1.44. The molecule has 0 unspecified atom stereocenters. The minimum absolute atomic E-state index is 0.163. The van der Waals surface area contributed by atoms with Gasteiger partial charge >= 0.3 is 0 Å². The molecule has 0 amide bonds. The number of fused-ring (bicyclic) bond motifs is 2. The maximum Gasteiger partial charge on any atom is 0.241 e. The molecule has 4 aromatic rings. The van der Waals surface area contributed by atoms with E-state index < -0.39 is 0 Å². The molecule has 0 radical (unpaired) electrons. The molecule has 26 heavy (non-hydrogen) atoms. The zero-order valence-electron chi connectivity index (χ0n) is 14.2. The van der Waals surface area contributed by atoms with Crippen molar-refractivity contribution in [1.82, 2.24) is 29.2 Å². The van der Waals surface area contributed by atoms with Crippen molar-refractivity contribution in [3.8, 4) is 11.3 Å². The van der Waals surface area contributed by atoms with Gasteiger partial charge in [-0.25, -0.2) is 19.0 Å². The van der Waals surface area contributed by atoms with Gasteiger partial charge in [-0.05, 0) is 43.9 Å². The predicted octanol–water partition coefficient (Wildman–Crippen LogP) is 2.15. The summed E-state index contributed by atoms with van der Waals surface area (Å²) in [6.45, 7) is 0. The highest BCUT2D eigenvalue weighted by molar-refractivity contribution is 5.78. The third-order valence-electron chi connectivity index (χ3n) is 4.98. The van der Waals surface area contributed by atoms with Crippen LogP contribution in [0.3, 0.4) is 0 Å². The Morgan fingerprint density at radius 3 is 2.73 bits per heavy atom. The Bertz CT molecular complexity index is 1060. The fourth-order valence-electron chi connectivity index (χ4n) is 3.54. The number of aromatic nitrogens is 6. The van der Waals surface area contributed by atoms with Crippen LogP contribution in [0.1, 0.15) is 25.7 Å². The van der Waals surface area contributed by atoms with Crippen molar-refractivity contribution in [2.45, 2.75) is 37.8 Å². The summed E-state index contributed by atoms with van der Waals surface area (Å²) in [4.78, 5) is 8.70. The number of anilines is 1. The second kappa shape index (κ2) is 6.06. The molecule has 8 heteroatoms. The summed E-state index contributed by atoms with van der Waals surface area (Å²) < 4.78 is 3.58. The first-order chi connectivity index (χ1) is 12.8. The zero-order chi connectivity index (χ0) is 17.5. The largest absolute Gasteiger partial charge is 0.393 e. The molecular weight excluding hydrogens is 330 g/mol. The highest BCUT2D eigenvalue weighted by Gasteiger charge is 2.20. The van der Waals surface area contributed by atoms with Crippen LogP contribution in [0.25, 0.3) is 22.4 Å². The summed E-state index contributed by atoms with van der Waals surface area (Å²) in [6.07, 6.45) is 10.7. The van der Waals surface area contributed by atoms with Gasteiger partial charge in [0, 0.05) is 30.2 Å². The zero-order valence-corrected chi connectivity index (χ0v) is 14.2. The van der Waals surface area contributed by atoms with Gasteiger partial charge in [-0.1, -0.05) is 0 Å². The Morgan fingerprint density at radius 1 is 0.962 bits per heavy atom. The van der Waals surface area contributed by atoms with E-state index in [0.29, 0.717) is 12.0 Å². The first-order valence-corrected chi connectivity index (χ1v) is 8.86. The average Bonchev–Trinajstić information content (AvgIpc) is 3.29. The van der Waals surface area contributed by atoms with Crippen LogP contribution in [0, 0.1) is 0 Å². The molecule has 0 bridgehead atoms. The van der Waals surface area contributed by atoms with Crippen LogP contribution in [0.2, 0.25) is 0 Å². The monoisotopic (exact) mass is 349 g/mol. The number of nitrogens with one attached hydrogen (secondary N) is 1. The minimum atomic E-state index is -0.163. The van der Waals surface area contributed by atoms with Gasteiger partial charge in [-0.2, -0.15) is 5.10 Å². The molecule has 1 aliphatic rings. The van der Waals surface area contributed by atoms with Gasteiger partial charge < -0.3 is 10.4 Å². The number of hydrogen-bond donors (Lipinski definition) is 2. The molecule has 0 atom stereocenters. The lowest BCUT2D eigenvalue weighted by Crippen LogP contribution is -2.29. The number of aliphatic hydroxyl groups excluding tert-OH is 1. The van der Waals surface area contributed by atoms with Gasteiger partial charge in [-0.15, -0.1) is 5.10 Å². The molecule has 1 saturated carbocycles. The van der Waals surface area contributed by atoms with Gasteiger partial charge in [0.1, 0.15) is 0 Å². The molecule has 1 aliphatic carbocycles. The fourth-order valence-corrected chi connectivity index (χ4v) is 3.54. The van der Waals surface area contributed by atoms with Crippen molar-refractivity contribution in [2.24, 2.45) is 0 Å². The van der Waals surface area contributed by atoms with E-state index in [1.807, 2.05) is 41.3 Å². The molecular formula is C18H19N7O. The van der Waals surface area contributed by atoms with Crippen LogP contribution in [0.4, 0.5) is 5.95 Å². The van der Waals surface area contributed by atoms with Crippen molar-refractivity contribution in [3.05, 3.63) is 43.0 Å². The van der Waals surface area contributed by atoms with Crippen LogP contribution in [-0.2, 0) is 0 Å². The lowest BCUT2D eigenvalue weighted by atomic mass is 9.93. The SMILES string of the molecule is OC1CCC(Nc2ncc3c(-c4ccc5nccn5n4)ccn3n2)CC1. The summed E-state index contributed by atoms with van der Waals surface area (Å²) >= 11 is 0. The standard InChI is InChI=1S/C18H19N7O/c26-13-3-1-12(2-4-13)21-18-20-11-16-14(7-9-24(16)23-18)15-5-6-17-19-8-10-25(17)22-15/h5-13,26H,1-4H2,(H,21,23). The summed E-state index contributed by atoms with van der Waals surface area (Å²) in [5.74, 6) is 0.610. The molecule has 8 nitrogen and oxygen atoms in total. The van der Waals surface area contributed by atoms with Crippen LogP contribution in [-0.4, -0.2) is 46.4 Å². The third-order valence-corrected chi connectivity index (χ3v) is 4.98. The first kappa shape index (κ1) is 15.3. The Morgan fingerprint density at radius 2 is 1.85 bits per heavy atom. The van der Waals surface area contributed by atoms with Gasteiger partial charge in [0.05, 0.1) is 23.5 Å². The minimum Gasteiger partial charge on any atom is -0.393 e. The molecule has 0 spiro atoms. The number of rotatable bonds is 3. The topological polar surface area (TPSA) is 92.6 Å². The van der Waals surface area contributed by atoms with Gasteiger partial charge in [-0.3, -0.25) is 0 Å². The van der Waals surface area contributed by atoms with E-state index in [4.69, 9.17) is 0 Å². The van der Waals surface area contributed by atoms with Crippen molar-refractivity contribution >= 4 is 17.1 Å². The van der Waals surface area contributed by atoms with Crippen molar-refractivity contribution in [2.75, 3.05) is 5.32 Å². The van der Waals surface area contributed by atoms with E-state index in [1.54, 1.807) is 10.7 Å². The second-order valence-electron chi connectivity index (χ2n) is 6.74. The van der Waals surface area contributed by atoms with Crippen molar-refractivity contribution in [3.63, 3.8) is 0 Å². The maximum absolute atomic E-state index is 9.62. The van der Waals surface area contributed by atoms with E-state index in [9.17, 15) is 5.11 Å². The molecule has 0 aromatic carbocycles. The number of imidazole rings is 1. The summed E-state index contributed by atoms with van der Waals surface area (Å²) in [7, 11) is 0. The summed E-state index contributed by atoms with van der Waals surface area (Å²) in [5.41, 5.74) is 3.55. The van der Waals surface area contributed by atoms with Crippen LogP contribution in [0.5, 0.6) is 0 Å².